The van der Waals surface area contributed by atoms with Crippen molar-refractivity contribution in [1.82, 2.24) is 10.2 Å². The normalized spacial score (nSPS) is 15.7. The van der Waals surface area contributed by atoms with Crippen molar-refractivity contribution in [3.63, 3.8) is 0 Å². The molecule has 0 bridgehead atoms. The number of carboxylic acid groups (broad SMARTS) is 1. The lowest BCUT2D eigenvalue weighted by Gasteiger charge is -2.30. The van der Waals surface area contributed by atoms with E-state index in [1.165, 1.54) is 25.2 Å². The van der Waals surface area contributed by atoms with Crippen LogP contribution in [0.3, 0.4) is 0 Å². The van der Waals surface area contributed by atoms with Gasteiger partial charge in [0.15, 0.2) is 12.9 Å². The Morgan fingerprint density at radius 2 is 2.00 bits per heavy atom. The maximum atomic E-state index is 12.7. The van der Waals surface area contributed by atoms with Gasteiger partial charge in [-0.05, 0) is 24.6 Å². The van der Waals surface area contributed by atoms with Crippen LogP contribution in [0.2, 0.25) is 0 Å². The Balaban J connectivity index is 0.00000176. The molecule has 1 atom stereocenters. The van der Waals surface area contributed by atoms with Crippen LogP contribution in [-0.2, 0) is 14.4 Å². The molecule has 1 heterocycles. The number of carbonyl (C=O) groups excluding carboxylic acids is 4. The molecule has 9 heteroatoms. The number of benzene rings is 1. The van der Waals surface area contributed by atoms with E-state index >= 15 is 0 Å². The number of piperidine rings is 1. The van der Waals surface area contributed by atoms with E-state index in [9.17, 15) is 24.0 Å². The van der Waals surface area contributed by atoms with Gasteiger partial charge in [-0.15, -0.1) is 0 Å². The highest BCUT2D eigenvalue weighted by molar-refractivity contribution is 6.06. The molecule has 1 aromatic carbocycles. The second-order valence-electron chi connectivity index (χ2n) is 5.43. The lowest BCUT2D eigenvalue weighted by molar-refractivity contribution is -0.139. The number of nitrogens with zero attached hydrogens (tertiary/aromatic N) is 1. The molecule has 1 aliphatic rings. The van der Waals surface area contributed by atoms with Crippen molar-refractivity contribution in [3.8, 4) is 5.75 Å². The molecule has 0 spiro atoms. The third kappa shape index (κ3) is 5.63. The first-order valence-corrected chi connectivity index (χ1v) is 8.38. The van der Waals surface area contributed by atoms with Crippen molar-refractivity contribution in [2.45, 2.75) is 32.7 Å². The molecule has 1 unspecified atom stereocenters. The molecule has 1 aromatic rings. The number of hydrogen-bond acceptors (Lipinski definition) is 6. The van der Waals surface area contributed by atoms with E-state index in [2.05, 4.69) is 5.32 Å². The summed E-state index contributed by atoms with van der Waals surface area (Å²) in [7, 11) is 1.39. The van der Waals surface area contributed by atoms with Crippen molar-refractivity contribution < 1.29 is 33.8 Å². The summed E-state index contributed by atoms with van der Waals surface area (Å²) in [4.78, 5) is 58.7. The van der Waals surface area contributed by atoms with E-state index < -0.39 is 36.3 Å². The smallest absolute Gasteiger partial charge is 0.341 e. The largest absolute Gasteiger partial charge is 0.482 e. The third-order valence-corrected chi connectivity index (χ3v) is 3.74. The van der Waals surface area contributed by atoms with Gasteiger partial charge in [0, 0.05) is 19.0 Å². The van der Waals surface area contributed by atoms with E-state index in [4.69, 9.17) is 9.84 Å². The van der Waals surface area contributed by atoms with Gasteiger partial charge in [0.2, 0.25) is 11.8 Å². The summed E-state index contributed by atoms with van der Waals surface area (Å²) in [5.41, 5.74) is 0.0527. The minimum Gasteiger partial charge on any atom is -0.482 e. The summed E-state index contributed by atoms with van der Waals surface area (Å²) in [6.07, 6.45) is 0.765. The van der Waals surface area contributed by atoms with Gasteiger partial charge in [-0.25, -0.2) is 4.79 Å². The Morgan fingerprint density at radius 3 is 2.56 bits per heavy atom. The molecule has 0 aliphatic carbocycles. The fourth-order valence-corrected chi connectivity index (χ4v) is 2.44. The van der Waals surface area contributed by atoms with Gasteiger partial charge in [-0.2, -0.15) is 0 Å². The number of hydrogen-bond donors (Lipinski definition) is 2. The third-order valence-electron chi connectivity index (χ3n) is 3.74. The molecular weight excluding hydrogens is 356 g/mol. The van der Waals surface area contributed by atoms with Crippen LogP contribution in [0.25, 0.3) is 0 Å². The molecule has 1 saturated heterocycles. The average molecular weight is 378 g/mol. The number of carbonyl (C=O) groups is 5. The van der Waals surface area contributed by atoms with Gasteiger partial charge < -0.3 is 14.7 Å². The Labute approximate surface area is 156 Å². The van der Waals surface area contributed by atoms with Crippen LogP contribution in [0.5, 0.6) is 5.75 Å². The van der Waals surface area contributed by atoms with Gasteiger partial charge in [-0.3, -0.25) is 24.5 Å². The summed E-state index contributed by atoms with van der Waals surface area (Å²) >= 11 is 0. The predicted octanol–water partition coefficient (Wildman–Crippen LogP) is 0.866. The highest BCUT2D eigenvalue weighted by atomic mass is 16.5. The van der Waals surface area contributed by atoms with Crippen molar-refractivity contribution in [2.75, 3.05) is 13.7 Å². The molecule has 27 heavy (non-hydrogen) atoms. The quantitative estimate of drug-likeness (QED) is 0.555. The molecular formula is C18H22N2O7. The number of amides is 3. The first-order valence-electron chi connectivity index (χ1n) is 8.38. The molecule has 3 amide bonds. The molecule has 1 fully saturated rings. The second-order valence-corrected chi connectivity index (χ2v) is 5.43. The lowest BCUT2D eigenvalue weighted by Crippen LogP contribution is -2.53. The zero-order chi connectivity index (χ0) is 20.6. The fraction of sp³-hybridized carbons (Fsp3) is 0.389. The fourth-order valence-electron chi connectivity index (χ4n) is 2.44. The van der Waals surface area contributed by atoms with Crippen molar-refractivity contribution >= 4 is 30.0 Å². The van der Waals surface area contributed by atoms with E-state index in [0.29, 0.717) is 6.29 Å². The number of ether oxygens (including phenoxy) is 1. The van der Waals surface area contributed by atoms with Crippen LogP contribution in [0.15, 0.2) is 18.2 Å². The van der Waals surface area contributed by atoms with E-state index in [0.717, 1.165) is 4.90 Å². The maximum absolute atomic E-state index is 12.7. The summed E-state index contributed by atoms with van der Waals surface area (Å²) < 4.78 is 5.01. The number of imide groups is 1. The SMILES string of the molecule is CC.CN(C(=O)c1cc(OCC(=O)O)ccc1C=O)C1CCC(=O)NC1=O. The molecule has 1 aliphatic heterocycles. The van der Waals surface area contributed by atoms with Crippen LogP contribution >= 0.6 is 0 Å². The minimum absolute atomic E-state index is 0.0231. The summed E-state index contributed by atoms with van der Waals surface area (Å²) in [5, 5.41) is 10.8. The number of aliphatic carboxylic acids is 1. The molecule has 0 aromatic heterocycles. The minimum atomic E-state index is -1.19. The van der Waals surface area contributed by atoms with Crippen LogP contribution in [0.4, 0.5) is 0 Å². The highest BCUT2D eigenvalue weighted by Gasteiger charge is 2.33. The molecule has 146 valence electrons. The summed E-state index contributed by atoms with van der Waals surface area (Å²) in [6.45, 7) is 3.40. The predicted molar refractivity (Wildman–Crippen MR) is 94.6 cm³/mol. The van der Waals surface area contributed by atoms with Crippen LogP contribution in [0.1, 0.15) is 47.4 Å². The Kier molecular flexibility index (Phi) is 8.12. The lowest BCUT2D eigenvalue weighted by atomic mass is 10.0. The number of aldehydes is 1. The summed E-state index contributed by atoms with van der Waals surface area (Å²) in [6, 6.07) is 3.11. The van der Waals surface area contributed by atoms with Gasteiger partial charge in [0.05, 0.1) is 5.56 Å². The van der Waals surface area contributed by atoms with Gasteiger partial charge in [0.25, 0.3) is 5.91 Å². The number of likely N-dealkylation sites (N-methyl/N-ethyl adjacent to an activating group) is 1. The number of nitrogens with one attached hydrogen (secondary N) is 1. The number of carboxylic acids is 1. The molecule has 9 nitrogen and oxygen atoms in total. The van der Waals surface area contributed by atoms with E-state index in [1.54, 1.807) is 0 Å². The zero-order valence-electron chi connectivity index (χ0n) is 15.4. The summed E-state index contributed by atoms with van der Waals surface area (Å²) in [5.74, 6) is -2.68. The van der Waals surface area contributed by atoms with Crippen molar-refractivity contribution in [3.05, 3.63) is 29.3 Å². The second kappa shape index (κ2) is 10.0. The van der Waals surface area contributed by atoms with Crippen LogP contribution in [0, 0.1) is 0 Å². The molecule has 2 rings (SSSR count). The van der Waals surface area contributed by atoms with Crippen molar-refractivity contribution in [1.29, 1.82) is 0 Å². The van der Waals surface area contributed by atoms with Crippen molar-refractivity contribution in [2.24, 2.45) is 0 Å². The highest BCUT2D eigenvalue weighted by Crippen LogP contribution is 2.21. The molecule has 0 saturated carbocycles. The first-order chi connectivity index (χ1) is 12.8. The first kappa shape index (κ1) is 21.8. The Hall–Kier alpha value is -3.23. The molecule has 0 radical (unpaired) electrons. The zero-order valence-corrected chi connectivity index (χ0v) is 15.4. The maximum Gasteiger partial charge on any atom is 0.341 e. The number of rotatable bonds is 6. The van der Waals surface area contributed by atoms with Crippen LogP contribution < -0.4 is 10.1 Å². The topological polar surface area (TPSA) is 130 Å². The van der Waals surface area contributed by atoms with Crippen LogP contribution in [-0.4, -0.2) is 59.7 Å². The van der Waals surface area contributed by atoms with Gasteiger partial charge in [0.1, 0.15) is 11.8 Å². The van der Waals surface area contributed by atoms with E-state index in [1.807, 2.05) is 13.8 Å². The molecule has 2 N–H and O–H groups in total. The van der Waals surface area contributed by atoms with Gasteiger partial charge >= 0.3 is 5.97 Å². The Bertz CT molecular complexity index is 745. The van der Waals surface area contributed by atoms with Gasteiger partial charge in [-0.1, -0.05) is 13.8 Å². The monoisotopic (exact) mass is 378 g/mol. The van der Waals surface area contributed by atoms with E-state index in [-0.39, 0.29) is 29.7 Å². The Morgan fingerprint density at radius 1 is 1.33 bits per heavy atom. The standard InChI is InChI=1S/C16H16N2O7.C2H6/c1-18(12-4-5-13(20)17-15(12)23)16(24)11-6-10(25-8-14(21)22)3-2-9(11)7-19;1-2/h2-3,6-7,12H,4-5,8H2,1H3,(H,21,22)(H,17,20,23);1-2H3. The average Bonchev–Trinajstić information content (AvgIpc) is 2.66.